The van der Waals surface area contributed by atoms with Crippen LogP contribution in [0.25, 0.3) is 0 Å². The van der Waals surface area contributed by atoms with Crippen molar-refractivity contribution >= 4 is 35.0 Å². The maximum Gasteiger partial charge on any atom is 0.261 e. The summed E-state index contributed by atoms with van der Waals surface area (Å²) in [7, 11) is 0. The monoisotopic (exact) mass is 554 g/mol. The summed E-state index contributed by atoms with van der Waals surface area (Å²) in [5.41, 5.74) is 4.11. The van der Waals surface area contributed by atoms with Gasteiger partial charge < -0.3 is 15.0 Å². The van der Waals surface area contributed by atoms with Crippen LogP contribution in [0.15, 0.2) is 60.7 Å². The van der Waals surface area contributed by atoms with E-state index in [0.717, 1.165) is 22.3 Å². The zero-order chi connectivity index (χ0) is 28.0. The first kappa shape index (κ1) is 29.5. The highest BCUT2D eigenvalue weighted by molar-refractivity contribution is 6.36. The number of hydrogen-bond acceptors (Lipinski definition) is 3. The minimum atomic E-state index is -0.819. The quantitative estimate of drug-likeness (QED) is 0.314. The number of carbonyl (C=O) groups is 2. The van der Waals surface area contributed by atoms with Gasteiger partial charge >= 0.3 is 0 Å². The van der Waals surface area contributed by atoms with Crippen molar-refractivity contribution in [3.05, 3.63) is 98.5 Å². The molecule has 0 aromatic heterocycles. The molecule has 1 N–H and O–H groups in total. The molecule has 38 heavy (non-hydrogen) atoms. The summed E-state index contributed by atoms with van der Waals surface area (Å²) in [6, 6.07) is 18.0. The number of nitrogens with zero attached hydrogens (tertiary/aromatic N) is 1. The van der Waals surface area contributed by atoms with Crippen LogP contribution in [0.4, 0.5) is 0 Å². The highest BCUT2D eigenvalue weighted by Crippen LogP contribution is 2.28. The van der Waals surface area contributed by atoms with Gasteiger partial charge in [0.1, 0.15) is 11.8 Å². The fourth-order valence-electron chi connectivity index (χ4n) is 4.23. The summed E-state index contributed by atoms with van der Waals surface area (Å²) in [6.45, 7) is 11.5. The molecule has 0 aliphatic rings. The number of carbonyl (C=O) groups excluding carboxylic acids is 2. The molecule has 0 saturated carbocycles. The van der Waals surface area contributed by atoms with Crippen LogP contribution in [0.3, 0.4) is 0 Å². The van der Waals surface area contributed by atoms with Crippen LogP contribution < -0.4 is 10.1 Å². The van der Waals surface area contributed by atoms with Gasteiger partial charge in [0.25, 0.3) is 5.91 Å². The molecule has 1 unspecified atom stereocenters. The van der Waals surface area contributed by atoms with Crippen molar-refractivity contribution in [2.75, 3.05) is 6.61 Å². The molecule has 0 aliphatic heterocycles. The number of nitrogens with one attached hydrogen (secondary N) is 1. The van der Waals surface area contributed by atoms with Gasteiger partial charge in [-0.15, -0.1) is 0 Å². The summed E-state index contributed by atoms with van der Waals surface area (Å²) in [5.74, 6) is 0.0373. The topological polar surface area (TPSA) is 58.6 Å². The van der Waals surface area contributed by atoms with E-state index in [1.807, 2.05) is 77.9 Å². The highest BCUT2D eigenvalue weighted by Gasteiger charge is 2.33. The molecule has 0 aliphatic carbocycles. The Kier molecular flexibility index (Phi) is 9.86. The largest absolute Gasteiger partial charge is 0.483 e. The number of aryl methyl sites for hydroxylation is 2. The van der Waals surface area contributed by atoms with Gasteiger partial charge in [0.2, 0.25) is 5.91 Å². The lowest BCUT2D eigenvalue weighted by Crippen LogP contribution is -2.55. The Labute approximate surface area is 236 Å². The first-order chi connectivity index (χ1) is 17.9. The third-order valence-corrected chi connectivity index (χ3v) is 6.98. The van der Waals surface area contributed by atoms with Crippen molar-refractivity contribution in [1.29, 1.82) is 0 Å². The van der Waals surface area contributed by atoms with Crippen molar-refractivity contribution in [3.8, 4) is 5.75 Å². The van der Waals surface area contributed by atoms with Gasteiger partial charge in [0.05, 0.1) is 0 Å². The van der Waals surface area contributed by atoms with E-state index in [4.69, 9.17) is 27.9 Å². The molecule has 5 nitrogen and oxygen atoms in total. The van der Waals surface area contributed by atoms with Crippen LogP contribution >= 0.6 is 23.2 Å². The zero-order valence-corrected chi connectivity index (χ0v) is 24.4. The van der Waals surface area contributed by atoms with Gasteiger partial charge in [0.15, 0.2) is 6.61 Å². The smallest absolute Gasteiger partial charge is 0.261 e. The van der Waals surface area contributed by atoms with Gasteiger partial charge in [-0.05, 0) is 82.0 Å². The molecule has 3 aromatic carbocycles. The Hall–Kier alpha value is -3.02. The molecule has 1 atom stereocenters. The molecule has 0 spiro atoms. The predicted octanol–water partition coefficient (Wildman–Crippen LogP) is 6.85. The van der Waals surface area contributed by atoms with E-state index in [2.05, 4.69) is 11.4 Å². The van der Waals surface area contributed by atoms with Crippen molar-refractivity contribution in [2.45, 2.75) is 66.1 Å². The lowest BCUT2D eigenvalue weighted by molar-refractivity contribution is -0.143. The fourth-order valence-corrected chi connectivity index (χ4v) is 4.75. The summed E-state index contributed by atoms with van der Waals surface area (Å²) in [5, 5.41) is 3.90. The number of hydrogen-bond donors (Lipinski definition) is 1. The number of ether oxygens (including phenoxy) is 1. The van der Waals surface area contributed by atoms with E-state index in [1.54, 1.807) is 18.2 Å². The standard InChI is InChI=1S/C31H36Cl2N2O3/c1-20-15-21(2)22(3)28(16-20)38-19-29(36)35(18-24-25(32)13-10-14-26(24)33)27(30(37)34-31(4,5)6)17-23-11-8-7-9-12-23/h7-16,27H,17-19H2,1-6H3,(H,34,37). The lowest BCUT2D eigenvalue weighted by atomic mass is 10.0. The molecular formula is C31H36Cl2N2O3. The minimum absolute atomic E-state index is 0.0571. The molecular weight excluding hydrogens is 519 g/mol. The molecule has 0 fully saturated rings. The molecule has 0 heterocycles. The minimum Gasteiger partial charge on any atom is -0.483 e. The SMILES string of the molecule is Cc1cc(C)c(C)c(OCC(=O)N(Cc2c(Cl)cccc2Cl)C(Cc2ccccc2)C(=O)NC(C)(C)C)c1. The average Bonchev–Trinajstić information content (AvgIpc) is 2.83. The Morgan fingerprint density at radius 1 is 0.947 bits per heavy atom. The van der Waals surface area contributed by atoms with Gasteiger partial charge in [0, 0.05) is 34.1 Å². The third-order valence-electron chi connectivity index (χ3n) is 6.27. The lowest BCUT2D eigenvalue weighted by Gasteiger charge is -2.34. The second-order valence-electron chi connectivity index (χ2n) is 10.7. The van der Waals surface area contributed by atoms with Crippen LogP contribution in [0, 0.1) is 20.8 Å². The van der Waals surface area contributed by atoms with Crippen molar-refractivity contribution < 1.29 is 14.3 Å². The number of halogens is 2. The maximum absolute atomic E-state index is 13.9. The van der Waals surface area contributed by atoms with E-state index >= 15 is 0 Å². The summed E-state index contributed by atoms with van der Waals surface area (Å²) in [4.78, 5) is 29.1. The number of amides is 2. The molecule has 0 radical (unpaired) electrons. The van der Waals surface area contributed by atoms with E-state index in [-0.39, 0.29) is 25.0 Å². The van der Waals surface area contributed by atoms with Gasteiger partial charge in [-0.2, -0.15) is 0 Å². The molecule has 0 bridgehead atoms. The molecule has 2 amide bonds. The molecule has 0 saturated heterocycles. The van der Waals surface area contributed by atoms with E-state index in [1.165, 1.54) is 4.90 Å². The van der Waals surface area contributed by atoms with Gasteiger partial charge in [-0.25, -0.2) is 0 Å². The molecule has 3 aromatic rings. The van der Waals surface area contributed by atoms with Crippen LogP contribution in [-0.4, -0.2) is 34.9 Å². The molecule has 3 rings (SSSR count). The van der Waals surface area contributed by atoms with Crippen molar-refractivity contribution in [2.24, 2.45) is 0 Å². The predicted molar refractivity (Wildman–Crippen MR) is 155 cm³/mol. The maximum atomic E-state index is 13.9. The summed E-state index contributed by atoms with van der Waals surface area (Å²) >= 11 is 13.0. The summed E-state index contributed by atoms with van der Waals surface area (Å²) < 4.78 is 6.03. The van der Waals surface area contributed by atoms with Crippen LogP contribution in [0.1, 0.15) is 48.6 Å². The first-order valence-corrected chi connectivity index (χ1v) is 13.4. The van der Waals surface area contributed by atoms with Crippen LogP contribution in [0.2, 0.25) is 10.0 Å². The normalized spacial score (nSPS) is 12.1. The molecule has 202 valence electrons. The summed E-state index contributed by atoms with van der Waals surface area (Å²) in [6.07, 6.45) is 0.319. The second-order valence-corrected chi connectivity index (χ2v) is 11.5. The first-order valence-electron chi connectivity index (χ1n) is 12.6. The van der Waals surface area contributed by atoms with E-state index in [9.17, 15) is 9.59 Å². The van der Waals surface area contributed by atoms with E-state index < -0.39 is 11.6 Å². The van der Waals surface area contributed by atoms with Crippen LogP contribution in [0.5, 0.6) is 5.75 Å². The Balaban J connectivity index is 2.01. The van der Waals surface area contributed by atoms with Crippen molar-refractivity contribution in [3.63, 3.8) is 0 Å². The van der Waals surface area contributed by atoms with Crippen LogP contribution in [-0.2, 0) is 22.6 Å². The van der Waals surface area contributed by atoms with Gasteiger partial charge in [-0.3, -0.25) is 9.59 Å². The van der Waals surface area contributed by atoms with Gasteiger partial charge in [-0.1, -0.05) is 65.7 Å². The number of rotatable bonds is 9. The highest BCUT2D eigenvalue weighted by atomic mass is 35.5. The number of benzene rings is 3. The second kappa shape index (κ2) is 12.7. The van der Waals surface area contributed by atoms with E-state index in [0.29, 0.717) is 27.8 Å². The Morgan fingerprint density at radius 3 is 2.18 bits per heavy atom. The third kappa shape index (κ3) is 7.99. The van der Waals surface area contributed by atoms with Crippen molar-refractivity contribution in [1.82, 2.24) is 10.2 Å². The molecule has 7 heteroatoms. The Morgan fingerprint density at radius 2 is 1.58 bits per heavy atom. The Bertz CT molecular complexity index is 1270. The zero-order valence-electron chi connectivity index (χ0n) is 22.9. The average molecular weight is 556 g/mol. The fraction of sp³-hybridized carbons (Fsp3) is 0.355.